The molecule has 0 saturated heterocycles. The molecule has 0 saturated carbocycles. The van der Waals surface area contributed by atoms with Gasteiger partial charge < -0.3 is 5.32 Å². The van der Waals surface area contributed by atoms with Crippen molar-refractivity contribution in [2.45, 2.75) is 38.3 Å². The second kappa shape index (κ2) is 9.40. The van der Waals surface area contributed by atoms with Gasteiger partial charge in [-0.2, -0.15) is 4.31 Å². The van der Waals surface area contributed by atoms with Gasteiger partial charge in [-0.25, -0.2) is 13.4 Å². The van der Waals surface area contributed by atoms with Crippen molar-refractivity contribution < 1.29 is 13.2 Å². The lowest BCUT2D eigenvalue weighted by atomic mass is 10.1. The van der Waals surface area contributed by atoms with Crippen LogP contribution in [0.4, 0.5) is 0 Å². The predicted molar refractivity (Wildman–Crippen MR) is 119 cm³/mol. The minimum Gasteiger partial charge on any atom is -0.348 e. The van der Waals surface area contributed by atoms with Crippen LogP contribution in [-0.4, -0.2) is 41.3 Å². The largest absolute Gasteiger partial charge is 0.348 e. The van der Waals surface area contributed by atoms with Gasteiger partial charge in [0.15, 0.2) is 0 Å². The van der Waals surface area contributed by atoms with Gasteiger partial charge in [0.1, 0.15) is 6.54 Å². The molecule has 1 N–H and O–H groups in total. The van der Waals surface area contributed by atoms with Crippen molar-refractivity contribution in [3.8, 4) is 0 Å². The van der Waals surface area contributed by atoms with Gasteiger partial charge in [0.05, 0.1) is 28.2 Å². The van der Waals surface area contributed by atoms with Gasteiger partial charge in [0.2, 0.25) is 15.9 Å². The number of sulfonamides is 1. The fraction of sp³-hybridized carbons (Fsp3) is 0.318. The molecule has 1 atom stereocenters. The maximum absolute atomic E-state index is 12.6. The first-order chi connectivity index (χ1) is 14.8. The van der Waals surface area contributed by atoms with Crippen LogP contribution in [0.1, 0.15) is 32.4 Å². The average molecular weight is 443 g/mol. The molecule has 0 aliphatic rings. The SMILES string of the molecule is CCN(CC)S(=O)(=O)c1ccc([C@@H](C)NC(=O)Cn2c(=O)cnc3ccccc32)cc1. The highest BCUT2D eigenvalue weighted by atomic mass is 32.2. The van der Waals surface area contributed by atoms with Gasteiger partial charge in [-0.3, -0.25) is 14.2 Å². The number of para-hydroxylation sites is 2. The molecule has 1 amide bonds. The first-order valence-corrected chi connectivity index (χ1v) is 11.6. The highest BCUT2D eigenvalue weighted by Gasteiger charge is 2.21. The summed E-state index contributed by atoms with van der Waals surface area (Å²) in [6.45, 7) is 6.06. The van der Waals surface area contributed by atoms with Crippen LogP contribution in [0.15, 0.2) is 64.4 Å². The van der Waals surface area contributed by atoms with Crippen LogP contribution >= 0.6 is 0 Å². The molecule has 3 aromatic rings. The number of carbonyl (C=O) groups excluding carboxylic acids is 1. The van der Waals surface area contributed by atoms with Crippen LogP contribution in [0.3, 0.4) is 0 Å². The number of nitrogens with one attached hydrogen (secondary N) is 1. The zero-order chi connectivity index (χ0) is 22.6. The molecule has 8 nitrogen and oxygen atoms in total. The van der Waals surface area contributed by atoms with Crippen LogP contribution in [0, 0.1) is 0 Å². The summed E-state index contributed by atoms with van der Waals surface area (Å²) < 4.78 is 28.0. The van der Waals surface area contributed by atoms with Crippen molar-refractivity contribution >= 4 is 27.0 Å². The van der Waals surface area contributed by atoms with Crippen molar-refractivity contribution in [2.24, 2.45) is 0 Å². The topological polar surface area (TPSA) is 101 Å². The summed E-state index contributed by atoms with van der Waals surface area (Å²) in [5, 5.41) is 2.86. The second-order valence-corrected chi connectivity index (χ2v) is 9.06. The molecule has 1 heterocycles. The molecular formula is C22H26N4O4S. The zero-order valence-electron chi connectivity index (χ0n) is 17.8. The van der Waals surface area contributed by atoms with E-state index in [4.69, 9.17) is 0 Å². The van der Waals surface area contributed by atoms with E-state index in [0.29, 0.717) is 24.1 Å². The summed E-state index contributed by atoms with van der Waals surface area (Å²) in [5.41, 5.74) is 1.63. The summed E-state index contributed by atoms with van der Waals surface area (Å²) in [6, 6.07) is 13.2. The first-order valence-electron chi connectivity index (χ1n) is 10.1. The molecule has 0 aliphatic heterocycles. The Morgan fingerprint density at radius 1 is 1.10 bits per heavy atom. The molecule has 0 unspecified atom stereocenters. The van der Waals surface area contributed by atoms with E-state index >= 15 is 0 Å². The molecule has 0 aliphatic carbocycles. The lowest BCUT2D eigenvalue weighted by molar-refractivity contribution is -0.122. The minimum absolute atomic E-state index is 0.138. The van der Waals surface area contributed by atoms with Gasteiger partial charge >= 0.3 is 0 Å². The monoisotopic (exact) mass is 442 g/mol. The lowest BCUT2D eigenvalue weighted by Crippen LogP contribution is -2.34. The smallest absolute Gasteiger partial charge is 0.269 e. The van der Waals surface area contributed by atoms with E-state index in [1.807, 2.05) is 6.07 Å². The lowest BCUT2D eigenvalue weighted by Gasteiger charge is -2.19. The second-order valence-electron chi connectivity index (χ2n) is 7.12. The summed E-state index contributed by atoms with van der Waals surface area (Å²) in [5.74, 6) is -0.328. The van der Waals surface area contributed by atoms with Crippen molar-refractivity contribution in [3.05, 3.63) is 70.6 Å². The Morgan fingerprint density at radius 2 is 1.74 bits per heavy atom. The maximum Gasteiger partial charge on any atom is 0.269 e. The van der Waals surface area contributed by atoms with Gasteiger partial charge in [-0.05, 0) is 36.8 Å². The number of hydrogen-bond acceptors (Lipinski definition) is 5. The maximum atomic E-state index is 12.6. The number of nitrogens with zero attached hydrogens (tertiary/aromatic N) is 3. The van der Waals surface area contributed by atoms with Gasteiger partial charge in [0.25, 0.3) is 5.56 Å². The molecule has 31 heavy (non-hydrogen) atoms. The number of carbonyl (C=O) groups is 1. The number of aromatic nitrogens is 2. The Labute approximate surface area is 181 Å². The average Bonchev–Trinajstić information content (AvgIpc) is 2.76. The van der Waals surface area contributed by atoms with Crippen LogP contribution in [0.25, 0.3) is 11.0 Å². The van der Waals surface area contributed by atoms with Crippen molar-refractivity contribution in [2.75, 3.05) is 13.1 Å². The Morgan fingerprint density at radius 3 is 2.39 bits per heavy atom. The Balaban J connectivity index is 1.74. The van der Waals surface area contributed by atoms with E-state index < -0.39 is 10.0 Å². The first kappa shape index (κ1) is 22.6. The van der Waals surface area contributed by atoms with E-state index in [1.54, 1.807) is 63.2 Å². The summed E-state index contributed by atoms with van der Waals surface area (Å²) in [7, 11) is -3.53. The third kappa shape index (κ3) is 4.83. The molecule has 0 bridgehead atoms. The highest BCUT2D eigenvalue weighted by molar-refractivity contribution is 7.89. The van der Waals surface area contributed by atoms with E-state index in [1.165, 1.54) is 15.1 Å². The normalized spacial score (nSPS) is 12.8. The molecule has 164 valence electrons. The van der Waals surface area contributed by atoms with E-state index in [0.717, 1.165) is 5.56 Å². The van der Waals surface area contributed by atoms with Crippen molar-refractivity contribution in [1.29, 1.82) is 0 Å². The molecule has 0 spiro atoms. The molecular weight excluding hydrogens is 416 g/mol. The standard InChI is InChI=1S/C22H26N4O4S/c1-4-25(5-2)31(29,30)18-12-10-17(11-13-18)16(3)24-21(27)15-26-20-9-7-6-8-19(20)23-14-22(26)28/h6-14,16H,4-5,15H2,1-3H3,(H,24,27)/t16-/m1/s1. The molecule has 1 aromatic heterocycles. The number of amides is 1. The third-order valence-corrected chi connectivity index (χ3v) is 7.22. The van der Waals surface area contributed by atoms with E-state index in [9.17, 15) is 18.0 Å². The molecule has 2 aromatic carbocycles. The summed E-state index contributed by atoms with van der Waals surface area (Å²) >= 11 is 0. The Kier molecular flexibility index (Phi) is 6.87. The number of rotatable bonds is 8. The summed E-state index contributed by atoms with van der Waals surface area (Å²) in [4.78, 5) is 29.1. The Hall–Kier alpha value is -3.04. The zero-order valence-corrected chi connectivity index (χ0v) is 18.6. The van der Waals surface area contributed by atoms with Crippen molar-refractivity contribution in [1.82, 2.24) is 19.2 Å². The van der Waals surface area contributed by atoms with Crippen LogP contribution in [0.5, 0.6) is 0 Å². The third-order valence-electron chi connectivity index (χ3n) is 5.16. The van der Waals surface area contributed by atoms with E-state index in [-0.39, 0.29) is 28.9 Å². The van der Waals surface area contributed by atoms with E-state index in [2.05, 4.69) is 10.3 Å². The fourth-order valence-corrected chi connectivity index (χ4v) is 4.89. The molecule has 3 rings (SSSR count). The molecule has 0 fully saturated rings. The van der Waals surface area contributed by atoms with Gasteiger partial charge in [-0.1, -0.05) is 38.1 Å². The van der Waals surface area contributed by atoms with Crippen LogP contribution in [0.2, 0.25) is 0 Å². The van der Waals surface area contributed by atoms with Crippen molar-refractivity contribution in [3.63, 3.8) is 0 Å². The predicted octanol–water partition coefficient (Wildman–Crippen LogP) is 2.30. The minimum atomic E-state index is -3.53. The van der Waals surface area contributed by atoms with Crippen LogP contribution < -0.4 is 10.9 Å². The highest BCUT2D eigenvalue weighted by Crippen LogP contribution is 2.19. The van der Waals surface area contributed by atoms with Gasteiger partial charge in [0, 0.05) is 13.1 Å². The fourth-order valence-electron chi connectivity index (χ4n) is 3.43. The molecule has 0 radical (unpaired) electrons. The summed E-state index contributed by atoms with van der Waals surface area (Å²) in [6.07, 6.45) is 1.20. The van der Waals surface area contributed by atoms with Gasteiger partial charge in [-0.15, -0.1) is 0 Å². The number of fused-ring (bicyclic) bond motifs is 1. The Bertz CT molecular complexity index is 1230. The number of hydrogen-bond donors (Lipinski definition) is 1. The van der Waals surface area contributed by atoms with Crippen LogP contribution in [-0.2, 0) is 21.4 Å². The molecule has 9 heteroatoms. The number of benzene rings is 2. The quantitative estimate of drug-likeness (QED) is 0.577.